The molecule has 44 heavy (non-hydrogen) atoms. The summed E-state index contributed by atoms with van der Waals surface area (Å²) >= 11 is 1.22. The van der Waals surface area contributed by atoms with Gasteiger partial charge in [0.15, 0.2) is 4.80 Å². The molecule has 2 aliphatic rings. The molecule has 0 fully saturated rings. The van der Waals surface area contributed by atoms with Crippen LogP contribution in [0.1, 0.15) is 50.8 Å². The average molecular weight is 613 g/mol. The molecule has 1 unspecified atom stereocenters. The third kappa shape index (κ3) is 4.81. The number of ether oxygens (including phenoxy) is 1. The molecule has 0 saturated carbocycles. The largest absolute Gasteiger partial charge is 0.465 e. The highest BCUT2D eigenvalue weighted by Crippen LogP contribution is 2.41. The summed E-state index contributed by atoms with van der Waals surface area (Å²) in [7, 11) is 1.33. The van der Waals surface area contributed by atoms with Gasteiger partial charge < -0.3 is 9.15 Å². The van der Waals surface area contributed by atoms with Crippen molar-refractivity contribution in [1.29, 1.82) is 0 Å². The highest BCUT2D eigenvalue weighted by atomic mass is 32.1. The zero-order valence-corrected chi connectivity index (χ0v) is 24.0. The van der Waals surface area contributed by atoms with Crippen molar-refractivity contribution < 1.29 is 27.1 Å². The predicted octanol–water partition coefficient (Wildman–Crippen LogP) is 6.38. The second-order valence-corrected chi connectivity index (χ2v) is 11.5. The molecular weight excluding hydrogens is 589 g/mol. The summed E-state index contributed by atoms with van der Waals surface area (Å²) in [5.41, 5.74) is 4.54. The number of aryl methyl sites for hydroxylation is 1. The van der Waals surface area contributed by atoms with Crippen LogP contribution >= 0.6 is 11.3 Å². The number of carbonyl (C=O) groups is 1. The Morgan fingerprint density at radius 3 is 2.59 bits per heavy atom. The lowest BCUT2D eigenvalue weighted by Crippen LogP contribution is -2.38. The lowest BCUT2D eigenvalue weighted by molar-refractivity contribution is -0.137. The van der Waals surface area contributed by atoms with Gasteiger partial charge in [0.05, 0.1) is 34.5 Å². The van der Waals surface area contributed by atoms with E-state index < -0.39 is 23.8 Å². The number of fused-ring (bicyclic) bond motifs is 3. The minimum Gasteiger partial charge on any atom is -0.465 e. The van der Waals surface area contributed by atoms with Crippen LogP contribution in [0.3, 0.4) is 0 Å². The van der Waals surface area contributed by atoms with Crippen molar-refractivity contribution in [2.75, 3.05) is 7.11 Å². The van der Waals surface area contributed by atoms with Crippen molar-refractivity contribution in [2.45, 2.75) is 25.1 Å². The number of esters is 1. The first kappa shape index (κ1) is 27.8. The Morgan fingerprint density at radius 2 is 1.82 bits per heavy atom. The van der Waals surface area contributed by atoms with Crippen LogP contribution < -0.4 is 14.9 Å². The minimum atomic E-state index is -4.48. The number of hydrogen-bond acceptors (Lipinski definition) is 6. The number of alkyl halides is 3. The lowest BCUT2D eigenvalue weighted by atomic mass is 9.83. The number of thiazole rings is 1. The zero-order chi connectivity index (χ0) is 30.6. The van der Waals surface area contributed by atoms with Gasteiger partial charge in [0.2, 0.25) is 0 Å². The molecule has 220 valence electrons. The third-order valence-electron chi connectivity index (χ3n) is 7.90. The van der Waals surface area contributed by atoms with Crippen LogP contribution in [-0.4, -0.2) is 17.6 Å². The van der Waals surface area contributed by atoms with E-state index >= 15 is 0 Å². The van der Waals surface area contributed by atoms with Crippen LogP contribution in [0.15, 0.2) is 105 Å². The second kappa shape index (κ2) is 10.6. The molecule has 0 spiro atoms. The number of carbonyl (C=O) groups excluding carboxylic acids is 1. The molecule has 1 aliphatic heterocycles. The van der Waals surface area contributed by atoms with E-state index in [2.05, 4.69) is 6.07 Å². The van der Waals surface area contributed by atoms with Gasteiger partial charge in [0.1, 0.15) is 11.5 Å². The van der Waals surface area contributed by atoms with Crippen molar-refractivity contribution in [1.82, 2.24) is 4.57 Å². The Morgan fingerprint density at radius 1 is 1.02 bits per heavy atom. The van der Waals surface area contributed by atoms with Gasteiger partial charge >= 0.3 is 12.1 Å². The molecule has 0 amide bonds. The molecule has 0 bridgehead atoms. The summed E-state index contributed by atoms with van der Waals surface area (Å²) < 4.78 is 52.5. The van der Waals surface area contributed by atoms with Crippen LogP contribution in [0.2, 0.25) is 0 Å². The second-order valence-electron chi connectivity index (χ2n) is 10.5. The van der Waals surface area contributed by atoms with E-state index in [0.717, 1.165) is 41.0 Å². The third-order valence-corrected chi connectivity index (χ3v) is 8.88. The quantitative estimate of drug-likeness (QED) is 0.221. The van der Waals surface area contributed by atoms with E-state index in [-0.39, 0.29) is 16.9 Å². The van der Waals surface area contributed by atoms with Gasteiger partial charge in [0, 0.05) is 17.2 Å². The summed E-state index contributed by atoms with van der Waals surface area (Å²) in [4.78, 5) is 31.6. The summed E-state index contributed by atoms with van der Waals surface area (Å²) in [6, 6.07) is 22.8. The fourth-order valence-electron chi connectivity index (χ4n) is 5.81. The van der Waals surface area contributed by atoms with E-state index in [1.807, 2.05) is 30.3 Å². The van der Waals surface area contributed by atoms with Crippen LogP contribution in [0, 0.1) is 0 Å². The molecule has 3 heterocycles. The fourth-order valence-corrected chi connectivity index (χ4v) is 6.79. The maximum atomic E-state index is 14.0. The van der Waals surface area contributed by atoms with Crippen molar-refractivity contribution in [2.24, 2.45) is 4.99 Å². The Bertz CT molecular complexity index is 2150. The summed E-state index contributed by atoms with van der Waals surface area (Å²) in [6.07, 6.45) is -1.37. The van der Waals surface area contributed by atoms with Crippen LogP contribution in [-0.2, 0) is 17.3 Å². The first-order valence-electron chi connectivity index (χ1n) is 13.8. The molecule has 1 atom stereocenters. The highest BCUT2D eigenvalue weighted by molar-refractivity contribution is 7.07. The maximum absolute atomic E-state index is 14.0. The van der Waals surface area contributed by atoms with Gasteiger partial charge in [-0.25, -0.2) is 9.79 Å². The molecule has 3 aromatic carbocycles. The van der Waals surface area contributed by atoms with E-state index in [4.69, 9.17) is 14.1 Å². The Kier molecular flexibility index (Phi) is 6.73. The van der Waals surface area contributed by atoms with E-state index in [9.17, 15) is 22.8 Å². The number of benzene rings is 3. The monoisotopic (exact) mass is 612 g/mol. The zero-order valence-electron chi connectivity index (χ0n) is 23.2. The van der Waals surface area contributed by atoms with Gasteiger partial charge in [0.25, 0.3) is 5.56 Å². The number of methoxy groups -OCH3 is 1. The van der Waals surface area contributed by atoms with Crippen molar-refractivity contribution in [3.63, 3.8) is 0 Å². The molecule has 0 N–H and O–H groups in total. The predicted molar refractivity (Wildman–Crippen MR) is 160 cm³/mol. The van der Waals surface area contributed by atoms with Gasteiger partial charge in [-0.15, -0.1) is 0 Å². The summed E-state index contributed by atoms with van der Waals surface area (Å²) in [6.45, 7) is 0. The number of aromatic nitrogens is 1. The average Bonchev–Trinajstić information content (AvgIpc) is 3.63. The molecule has 10 heteroatoms. The normalized spacial score (nSPS) is 16.2. The lowest BCUT2D eigenvalue weighted by Gasteiger charge is -2.30. The standard InChI is InChI=1S/C34H23F3N2O4S/c1-42-32(41)21-11-9-20(10-12-21)30-26-15-13-19-5-2-3-8-25(19)29(26)38-33-39(30)31(40)28(44-33)18-24-14-16-27(43-24)22-6-4-7-23(17-22)34(35,36)37/h2-12,14,16-18,30H,13,15H2,1H3. The van der Waals surface area contributed by atoms with Gasteiger partial charge in [-0.1, -0.05) is 59.9 Å². The Hall–Kier alpha value is -4.96. The number of hydrogen-bond donors (Lipinski definition) is 0. The molecule has 5 aromatic rings. The molecule has 0 saturated heterocycles. The first-order valence-corrected chi connectivity index (χ1v) is 14.6. The number of rotatable bonds is 4. The number of furan rings is 1. The number of nitrogens with zero attached hydrogens (tertiary/aromatic N) is 2. The van der Waals surface area contributed by atoms with Crippen LogP contribution in [0.4, 0.5) is 13.2 Å². The molecular formula is C34H23F3N2O4S. The van der Waals surface area contributed by atoms with Crippen molar-refractivity contribution in [3.05, 3.63) is 144 Å². The molecule has 7 rings (SSSR count). The maximum Gasteiger partial charge on any atom is 0.416 e. The minimum absolute atomic E-state index is 0.255. The van der Waals surface area contributed by atoms with Crippen LogP contribution in [0.25, 0.3) is 23.1 Å². The smallest absolute Gasteiger partial charge is 0.416 e. The molecule has 6 nitrogen and oxygen atoms in total. The summed E-state index contributed by atoms with van der Waals surface area (Å²) in [5, 5.41) is 0. The van der Waals surface area contributed by atoms with Crippen molar-refractivity contribution >= 4 is 29.1 Å². The fraction of sp³-hybridized carbons (Fsp3) is 0.147. The van der Waals surface area contributed by atoms with Gasteiger partial charge in [-0.3, -0.25) is 9.36 Å². The summed E-state index contributed by atoms with van der Waals surface area (Å²) in [5.74, 6) is 0.136. The molecule has 1 aliphatic carbocycles. The number of halogens is 3. The Balaban J connectivity index is 1.35. The molecule has 2 aromatic heterocycles. The first-order chi connectivity index (χ1) is 21.2. The van der Waals surface area contributed by atoms with Crippen molar-refractivity contribution in [3.8, 4) is 11.3 Å². The van der Waals surface area contributed by atoms with Crippen LogP contribution in [0.5, 0.6) is 0 Å². The van der Waals surface area contributed by atoms with Gasteiger partial charge in [-0.05, 0) is 65.9 Å². The topological polar surface area (TPSA) is 73.8 Å². The highest BCUT2D eigenvalue weighted by Gasteiger charge is 2.33. The van der Waals surface area contributed by atoms with E-state index in [1.54, 1.807) is 41.0 Å². The SMILES string of the molecule is COC(=O)c1ccc(C2C3=C(N=c4sc(=Cc5ccc(-c6cccc(C(F)(F)F)c6)o5)c(=O)n42)c2ccccc2CC3)cc1. The van der Waals surface area contributed by atoms with Gasteiger partial charge in [-0.2, -0.15) is 13.2 Å². The van der Waals surface area contributed by atoms with E-state index in [1.165, 1.54) is 30.1 Å². The Labute approximate surface area is 252 Å². The van der Waals surface area contributed by atoms with E-state index in [0.29, 0.717) is 27.1 Å². The number of allylic oxidation sites excluding steroid dienone is 1. The molecule has 0 radical (unpaired) electrons.